The van der Waals surface area contributed by atoms with E-state index in [0.29, 0.717) is 17.6 Å². The molecule has 1 unspecified atom stereocenters. The van der Waals surface area contributed by atoms with E-state index in [2.05, 4.69) is 21.3 Å². The molecule has 2 fully saturated rings. The summed E-state index contributed by atoms with van der Waals surface area (Å²) in [6.07, 6.45) is 6.78. The molecule has 1 saturated heterocycles. The van der Waals surface area contributed by atoms with Gasteiger partial charge in [-0.25, -0.2) is 4.98 Å². The molecule has 0 radical (unpaired) electrons. The highest BCUT2D eigenvalue weighted by Crippen LogP contribution is 2.31. The first kappa shape index (κ1) is 11.5. The first-order chi connectivity index (χ1) is 8.86. The standard InChI is InChI=1S/C14H18N4/c15-9-11-5-7-17-14(8-11)18(13-3-4-13)10-12-2-1-6-16-12/h5,7-8,12-13,16H,1-4,6,10H2. The SMILES string of the molecule is N#Cc1ccnc(N(CC2CCCN2)C2CC2)c1. The fourth-order valence-corrected chi connectivity index (χ4v) is 2.61. The van der Waals surface area contributed by atoms with Crippen molar-refractivity contribution in [3.05, 3.63) is 23.9 Å². The number of pyridine rings is 1. The minimum absolute atomic E-state index is 0.582. The van der Waals surface area contributed by atoms with Crippen molar-refractivity contribution in [2.45, 2.75) is 37.8 Å². The summed E-state index contributed by atoms with van der Waals surface area (Å²) in [4.78, 5) is 6.82. The fourth-order valence-electron chi connectivity index (χ4n) is 2.61. The summed E-state index contributed by atoms with van der Waals surface area (Å²) >= 11 is 0. The number of nitrogens with one attached hydrogen (secondary N) is 1. The first-order valence-corrected chi connectivity index (χ1v) is 6.73. The average Bonchev–Trinajstić information content (AvgIpc) is 3.13. The van der Waals surface area contributed by atoms with Crippen molar-refractivity contribution in [2.75, 3.05) is 18.0 Å². The van der Waals surface area contributed by atoms with Gasteiger partial charge in [0.1, 0.15) is 5.82 Å². The molecular weight excluding hydrogens is 224 g/mol. The van der Waals surface area contributed by atoms with Gasteiger partial charge < -0.3 is 10.2 Å². The molecule has 2 heterocycles. The van der Waals surface area contributed by atoms with Crippen molar-refractivity contribution in [3.63, 3.8) is 0 Å². The molecule has 0 spiro atoms. The number of hydrogen-bond donors (Lipinski definition) is 1. The third-order valence-electron chi connectivity index (χ3n) is 3.74. The molecule has 4 nitrogen and oxygen atoms in total. The Balaban J connectivity index is 1.77. The van der Waals surface area contributed by atoms with E-state index in [-0.39, 0.29) is 0 Å². The van der Waals surface area contributed by atoms with Crippen LogP contribution in [0.3, 0.4) is 0 Å². The Hall–Kier alpha value is -1.60. The Morgan fingerprint density at radius 1 is 1.44 bits per heavy atom. The molecule has 1 saturated carbocycles. The minimum atomic E-state index is 0.582. The predicted molar refractivity (Wildman–Crippen MR) is 70.3 cm³/mol. The van der Waals surface area contributed by atoms with Crippen LogP contribution in [-0.4, -0.2) is 30.2 Å². The van der Waals surface area contributed by atoms with Gasteiger partial charge in [0, 0.05) is 24.8 Å². The molecule has 0 aromatic carbocycles. The highest BCUT2D eigenvalue weighted by atomic mass is 15.2. The molecule has 0 amide bonds. The van der Waals surface area contributed by atoms with E-state index in [0.717, 1.165) is 18.9 Å². The van der Waals surface area contributed by atoms with Gasteiger partial charge in [-0.3, -0.25) is 0 Å². The van der Waals surface area contributed by atoms with E-state index in [1.54, 1.807) is 12.3 Å². The third-order valence-corrected chi connectivity index (χ3v) is 3.74. The molecule has 2 aliphatic rings. The number of nitriles is 1. The number of nitrogens with zero attached hydrogens (tertiary/aromatic N) is 3. The second kappa shape index (κ2) is 4.95. The molecule has 1 aliphatic heterocycles. The van der Waals surface area contributed by atoms with Crippen LogP contribution in [0.4, 0.5) is 5.82 Å². The van der Waals surface area contributed by atoms with Crippen molar-refractivity contribution < 1.29 is 0 Å². The van der Waals surface area contributed by atoms with E-state index in [1.165, 1.54) is 25.7 Å². The summed E-state index contributed by atoms with van der Waals surface area (Å²) in [5.41, 5.74) is 0.699. The number of hydrogen-bond acceptors (Lipinski definition) is 4. The Labute approximate surface area is 108 Å². The van der Waals surface area contributed by atoms with Crippen LogP contribution < -0.4 is 10.2 Å². The van der Waals surface area contributed by atoms with Gasteiger partial charge in [-0.15, -0.1) is 0 Å². The van der Waals surface area contributed by atoms with Crippen LogP contribution in [-0.2, 0) is 0 Å². The van der Waals surface area contributed by atoms with Gasteiger partial charge in [-0.1, -0.05) is 0 Å². The molecule has 1 atom stereocenters. The molecule has 94 valence electrons. The Bertz CT molecular complexity index is 455. The lowest BCUT2D eigenvalue weighted by Crippen LogP contribution is -2.39. The summed E-state index contributed by atoms with van der Waals surface area (Å²) in [5, 5.41) is 12.5. The third kappa shape index (κ3) is 2.46. The molecule has 18 heavy (non-hydrogen) atoms. The molecule has 1 aromatic rings. The van der Waals surface area contributed by atoms with E-state index in [1.807, 2.05) is 6.07 Å². The predicted octanol–water partition coefficient (Wildman–Crippen LogP) is 1.67. The topological polar surface area (TPSA) is 52.0 Å². The second-order valence-electron chi connectivity index (χ2n) is 5.19. The number of aromatic nitrogens is 1. The van der Waals surface area contributed by atoms with Crippen LogP contribution in [0.25, 0.3) is 0 Å². The van der Waals surface area contributed by atoms with Crippen molar-refractivity contribution in [2.24, 2.45) is 0 Å². The van der Waals surface area contributed by atoms with Gasteiger partial charge in [0.2, 0.25) is 0 Å². The first-order valence-electron chi connectivity index (χ1n) is 6.73. The number of rotatable bonds is 4. The molecule has 3 rings (SSSR count). The largest absolute Gasteiger partial charge is 0.352 e. The summed E-state index contributed by atoms with van der Waals surface area (Å²) < 4.78 is 0. The molecule has 0 bridgehead atoms. The highest BCUT2D eigenvalue weighted by molar-refractivity contribution is 5.47. The summed E-state index contributed by atoms with van der Waals surface area (Å²) in [6.45, 7) is 2.15. The smallest absolute Gasteiger partial charge is 0.130 e. The van der Waals surface area contributed by atoms with Gasteiger partial charge in [0.05, 0.1) is 11.6 Å². The molecule has 4 heteroatoms. The van der Waals surface area contributed by atoms with Crippen LogP contribution in [0.5, 0.6) is 0 Å². The zero-order valence-electron chi connectivity index (χ0n) is 10.5. The lowest BCUT2D eigenvalue weighted by Gasteiger charge is -2.26. The van der Waals surface area contributed by atoms with E-state index in [9.17, 15) is 0 Å². The van der Waals surface area contributed by atoms with Crippen molar-refractivity contribution in [1.29, 1.82) is 5.26 Å². The second-order valence-corrected chi connectivity index (χ2v) is 5.19. The quantitative estimate of drug-likeness (QED) is 0.872. The van der Waals surface area contributed by atoms with Crippen molar-refractivity contribution >= 4 is 5.82 Å². The summed E-state index contributed by atoms with van der Waals surface area (Å²) in [6, 6.07) is 7.08. The highest BCUT2D eigenvalue weighted by Gasteiger charge is 2.32. The van der Waals surface area contributed by atoms with Crippen LogP contribution in [0, 0.1) is 11.3 Å². The van der Waals surface area contributed by atoms with Gasteiger partial charge in [-0.05, 0) is 44.4 Å². The zero-order chi connectivity index (χ0) is 12.4. The Morgan fingerprint density at radius 3 is 3.00 bits per heavy atom. The van der Waals surface area contributed by atoms with Crippen LogP contribution in [0.1, 0.15) is 31.2 Å². The maximum atomic E-state index is 8.97. The van der Waals surface area contributed by atoms with Crippen LogP contribution >= 0.6 is 0 Å². The average molecular weight is 242 g/mol. The van der Waals surface area contributed by atoms with Crippen LogP contribution in [0.2, 0.25) is 0 Å². The monoisotopic (exact) mass is 242 g/mol. The normalized spacial score (nSPS) is 22.7. The molecular formula is C14H18N4. The lowest BCUT2D eigenvalue weighted by atomic mass is 10.2. The van der Waals surface area contributed by atoms with Gasteiger partial charge in [-0.2, -0.15) is 5.26 Å². The number of anilines is 1. The fraction of sp³-hybridized carbons (Fsp3) is 0.571. The summed E-state index contributed by atoms with van der Waals surface area (Å²) in [5.74, 6) is 0.963. The minimum Gasteiger partial charge on any atom is -0.352 e. The van der Waals surface area contributed by atoms with Gasteiger partial charge in [0.25, 0.3) is 0 Å². The molecule has 1 aliphatic carbocycles. The van der Waals surface area contributed by atoms with Crippen molar-refractivity contribution in [3.8, 4) is 6.07 Å². The zero-order valence-corrected chi connectivity index (χ0v) is 10.5. The van der Waals surface area contributed by atoms with Gasteiger partial charge in [0.15, 0.2) is 0 Å². The summed E-state index contributed by atoms with van der Waals surface area (Å²) in [7, 11) is 0. The van der Waals surface area contributed by atoms with Crippen molar-refractivity contribution in [1.82, 2.24) is 10.3 Å². The van der Waals surface area contributed by atoms with E-state index < -0.39 is 0 Å². The maximum Gasteiger partial charge on any atom is 0.130 e. The maximum absolute atomic E-state index is 8.97. The van der Waals surface area contributed by atoms with Crippen LogP contribution in [0.15, 0.2) is 18.3 Å². The lowest BCUT2D eigenvalue weighted by molar-refractivity contribution is 0.575. The molecule has 1 N–H and O–H groups in total. The van der Waals surface area contributed by atoms with E-state index >= 15 is 0 Å². The Morgan fingerprint density at radius 2 is 2.33 bits per heavy atom. The molecule has 1 aromatic heterocycles. The Kier molecular flexibility index (Phi) is 3.16. The van der Waals surface area contributed by atoms with E-state index in [4.69, 9.17) is 5.26 Å². The van der Waals surface area contributed by atoms with Gasteiger partial charge >= 0.3 is 0 Å².